The van der Waals surface area contributed by atoms with Crippen LogP contribution in [0.4, 0.5) is 0 Å². The molecule has 2 fully saturated rings. The monoisotopic (exact) mass is 427 g/mol. The topological polar surface area (TPSA) is 79.5 Å². The standard InChI is InChI=1S/C26H27N4O2/c27-25(31)24-22-17-30(26(32)21-12-4-10-19-11-5-13-28-23(19)21)16-20(22)15-29(24)14-6-9-18-7-2-1-3-8-18/h1-5,7-13,20,22,24H,6,14-17H2,(H2,27,31)/t20?,22-,24?/m1/s1. The van der Waals surface area contributed by atoms with E-state index in [1.807, 2.05) is 53.4 Å². The van der Waals surface area contributed by atoms with Crippen LogP contribution in [0.3, 0.4) is 0 Å². The second kappa shape index (κ2) is 8.71. The zero-order valence-corrected chi connectivity index (χ0v) is 17.9. The summed E-state index contributed by atoms with van der Waals surface area (Å²) < 4.78 is 0. The van der Waals surface area contributed by atoms with Gasteiger partial charge in [0.1, 0.15) is 0 Å². The molecule has 1 aromatic heterocycles. The van der Waals surface area contributed by atoms with Gasteiger partial charge in [-0.3, -0.25) is 19.5 Å². The minimum absolute atomic E-state index is 0.0177. The molecule has 2 unspecified atom stereocenters. The van der Waals surface area contributed by atoms with Gasteiger partial charge in [-0.25, -0.2) is 0 Å². The number of hydrogen-bond acceptors (Lipinski definition) is 4. The van der Waals surface area contributed by atoms with Gasteiger partial charge in [0.2, 0.25) is 5.91 Å². The summed E-state index contributed by atoms with van der Waals surface area (Å²) in [4.78, 5) is 34.2. The number of benzene rings is 2. The maximum atomic E-state index is 13.3. The molecule has 2 amide bonds. The molecule has 2 aliphatic rings. The van der Waals surface area contributed by atoms with E-state index in [0.29, 0.717) is 18.7 Å². The van der Waals surface area contributed by atoms with Gasteiger partial charge >= 0.3 is 0 Å². The van der Waals surface area contributed by atoms with Gasteiger partial charge in [0, 0.05) is 37.1 Å². The maximum absolute atomic E-state index is 13.3. The number of fused-ring (bicyclic) bond motifs is 2. The predicted octanol–water partition coefficient (Wildman–Crippen LogP) is 2.74. The molecule has 2 saturated heterocycles. The summed E-state index contributed by atoms with van der Waals surface area (Å²) >= 11 is 0. The summed E-state index contributed by atoms with van der Waals surface area (Å²) in [6.45, 7) is 2.78. The van der Waals surface area contributed by atoms with Gasteiger partial charge < -0.3 is 10.6 Å². The highest BCUT2D eigenvalue weighted by Crippen LogP contribution is 2.37. The molecular weight excluding hydrogens is 400 g/mol. The molecule has 0 aliphatic carbocycles. The van der Waals surface area contributed by atoms with Crippen molar-refractivity contribution in [2.24, 2.45) is 17.6 Å². The Morgan fingerprint density at radius 3 is 2.62 bits per heavy atom. The summed E-state index contributed by atoms with van der Waals surface area (Å²) in [5.74, 6) is 0.0291. The van der Waals surface area contributed by atoms with Crippen molar-refractivity contribution in [3.8, 4) is 0 Å². The molecule has 0 saturated carbocycles. The van der Waals surface area contributed by atoms with Crippen molar-refractivity contribution in [2.75, 3.05) is 26.2 Å². The second-order valence-electron chi connectivity index (χ2n) is 8.76. The van der Waals surface area contributed by atoms with Crippen LogP contribution in [0, 0.1) is 18.3 Å². The van der Waals surface area contributed by atoms with E-state index in [9.17, 15) is 9.59 Å². The lowest BCUT2D eigenvalue weighted by molar-refractivity contribution is -0.123. The summed E-state index contributed by atoms with van der Waals surface area (Å²) in [5, 5.41) is 0.952. The molecule has 163 valence electrons. The zero-order chi connectivity index (χ0) is 22.1. The van der Waals surface area contributed by atoms with Gasteiger partial charge in [-0.15, -0.1) is 0 Å². The van der Waals surface area contributed by atoms with Crippen LogP contribution in [-0.4, -0.2) is 58.8 Å². The first kappa shape index (κ1) is 20.6. The fraction of sp³-hybridized carbons (Fsp3) is 0.308. The van der Waals surface area contributed by atoms with Crippen LogP contribution in [0.1, 0.15) is 22.3 Å². The number of rotatable bonds is 6. The van der Waals surface area contributed by atoms with E-state index in [4.69, 9.17) is 5.73 Å². The van der Waals surface area contributed by atoms with Crippen molar-refractivity contribution in [1.29, 1.82) is 0 Å². The maximum Gasteiger partial charge on any atom is 0.256 e. The van der Waals surface area contributed by atoms with E-state index in [1.54, 1.807) is 6.20 Å². The Hall–Kier alpha value is -3.25. The Labute approximate surface area is 188 Å². The summed E-state index contributed by atoms with van der Waals surface area (Å²) in [7, 11) is 0. The fourth-order valence-corrected chi connectivity index (χ4v) is 5.35. The normalized spacial score (nSPS) is 22.9. The minimum Gasteiger partial charge on any atom is -0.368 e. The van der Waals surface area contributed by atoms with Crippen LogP contribution >= 0.6 is 0 Å². The molecule has 1 radical (unpaired) electrons. The third-order valence-corrected chi connectivity index (χ3v) is 6.80. The molecular formula is C26H27N4O2. The third kappa shape index (κ3) is 3.86. The van der Waals surface area contributed by atoms with Crippen molar-refractivity contribution < 1.29 is 9.59 Å². The molecule has 6 nitrogen and oxygen atoms in total. The molecule has 0 bridgehead atoms. The number of para-hydroxylation sites is 1. The van der Waals surface area contributed by atoms with Crippen LogP contribution in [0.25, 0.3) is 10.9 Å². The van der Waals surface area contributed by atoms with Crippen LogP contribution in [-0.2, 0) is 4.79 Å². The molecule has 2 N–H and O–H groups in total. The van der Waals surface area contributed by atoms with Crippen molar-refractivity contribution in [3.63, 3.8) is 0 Å². The Balaban J connectivity index is 1.27. The minimum atomic E-state index is -0.326. The number of primary amides is 1. The average Bonchev–Trinajstić information content (AvgIpc) is 3.36. The average molecular weight is 428 g/mol. The van der Waals surface area contributed by atoms with Gasteiger partial charge in [0.25, 0.3) is 5.91 Å². The Morgan fingerprint density at radius 2 is 1.81 bits per heavy atom. The molecule has 3 aromatic rings. The van der Waals surface area contributed by atoms with Gasteiger partial charge in [0.05, 0.1) is 17.1 Å². The van der Waals surface area contributed by atoms with E-state index in [2.05, 4.69) is 28.4 Å². The quantitative estimate of drug-likeness (QED) is 0.656. The molecule has 5 rings (SSSR count). The number of amides is 2. The third-order valence-electron chi connectivity index (χ3n) is 6.80. The largest absolute Gasteiger partial charge is 0.368 e. The summed E-state index contributed by atoms with van der Waals surface area (Å²) in [6, 6.07) is 19.4. The molecule has 3 heterocycles. The lowest BCUT2D eigenvalue weighted by atomic mass is 9.94. The molecule has 6 heteroatoms. The van der Waals surface area contributed by atoms with Crippen LogP contribution in [0.2, 0.25) is 0 Å². The van der Waals surface area contributed by atoms with Crippen LogP contribution in [0.15, 0.2) is 66.9 Å². The van der Waals surface area contributed by atoms with Crippen molar-refractivity contribution in [3.05, 3.63) is 84.4 Å². The van der Waals surface area contributed by atoms with Gasteiger partial charge in [0.15, 0.2) is 0 Å². The number of carbonyl (C=O) groups is 2. The van der Waals surface area contributed by atoms with Crippen molar-refractivity contribution >= 4 is 22.7 Å². The molecule has 32 heavy (non-hydrogen) atoms. The molecule has 0 spiro atoms. The highest BCUT2D eigenvalue weighted by molar-refractivity contribution is 6.05. The SMILES string of the molecule is NC(=O)C1[C@@H]2CN(C(=O)c3cccc4cccnc34)CC2CN1CC[CH]c1ccccc1. The second-order valence-corrected chi connectivity index (χ2v) is 8.76. The van der Waals surface area contributed by atoms with E-state index in [-0.39, 0.29) is 29.7 Å². The van der Waals surface area contributed by atoms with Crippen molar-refractivity contribution in [2.45, 2.75) is 12.5 Å². The Kier molecular flexibility index (Phi) is 5.62. The predicted molar refractivity (Wildman–Crippen MR) is 124 cm³/mol. The number of nitrogens with two attached hydrogens (primary N) is 1. The number of hydrogen-bond donors (Lipinski definition) is 1. The number of pyridine rings is 1. The molecule has 2 aliphatic heterocycles. The smallest absolute Gasteiger partial charge is 0.256 e. The number of nitrogens with zero attached hydrogens (tertiary/aromatic N) is 3. The first-order chi connectivity index (χ1) is 15.6. The van der Waals surface area contributed by atoms with Crippen LogP contribution < -0.4 is 5.73 Å². The van der Waals surface area contributed by atoms with E-state index in [0.717, 1.165) is 30.4 Å². The summed E-state index contributed by atoms with van der Waals surface area (Å²) in [5.41, 5.74) is 8.36. The van der Waals surface area contributed by atoms with Gasteiger partial charge in [-0.1, -0.05) is 48.5 Å². The summed E-state index contributed by atoms with van der Waals surface area (Å²) in [6.07, 6.45) is 4.76. The fourth-order valence-electron chi connectivity index (χ4n) is 5.35. The molecule has 2 aromatic carbocycles. The van der Waals surface area contributed by atoms with Crippen molar-refractivity contribution in [1.82, 2.24) is 14.8 Å². The lowest BCUT2D eigenvalue weighted by Crippen LogP contribution is -2.46. The zero-order valence-electron chi connectivity index (χ0n) is 17.9. The first-order valence-corrected chi connectivity index (χ1v) is 11.2. The Bertz CT molecular complexity index is 1130. The van der Waals surface area contributed by atoms with E-state index >= 15 is 0 Å². The highest BCUT2D eigenvalue weighted by atomic mass is 16.2. The van der Waals surface area contributed by atoms with E-state index in [1.165, 1.54) is 5.56 Å². The number of likely N-dealkylation sites (tertiary alicyclic amines) is 2. The van der Waals surface area contributed by atoms with Crippen LogP contribution in [0.5, 0.6) is 0 Å². The Morgan fingerprint density at radius 1 is 1.00 bits per heavy atom. The van der Waals surface area contributed by atoms with E-state index < -0.39 is 0 Å². The first-order valence-electron chi connectivity index (χ1n) is 11.2. The number of aromatic nitrogens is 1. The number of carbonyl (C=O) groups excluding carboxylic acids is 2. The molecule has 3 atom stereocenters. The highest BCUT2D eigenvalue weighted by Gasteiger charge is 2.50. The van der Waals surface area contributed by atoms with Gasteiger partial charge in [-0.05, 0) is 43.0 Å². The lowest BCUT2D eigenvalue weighted by Gasteiger charge is -2.27. The van der Waals surface area contributed by atoms with Gasteiger partial charge in [-0.2, -0.15) is 0 Å².